The molecule has 12 heteroatoms. The highest BCUT2D eigenvalue weighted by atomic mass is 32.2. The monoisotopic (exact) mass is 490 g/mol. The van der Waals surface area contributed by atoms with Crippen molar-refractivity contribution in [2.45, 2.75) is 37.4 Å². The fourth-order valence-corrected chi connectivity index (χ4v) is 6.38. The molecule has 176 valence electrons. The van der Waals surface area contributed by atoms with Gasteiger partial charge in [0.1, 0.15) is 16.4 Å². The third kappa shape index (κ3) is 4.97. The van der Waals surface area contributed by atoms with Gasteiger partial charge in [-0.15, -0.1) is 10.2 Å². The van der Waals surface area contributed by atoms with Crippen molar-refractivity contribution < 1.29 is 17.7 Å². The Labute approximate surface area is 197 Å². The lowest BCUT2D eigenvalue weighted by atomic mass is 10.2. The van der Waals surface area contributed by atoms with Crippen molar-refractivity contribution in [3.05, 3.63) is 53.2 Å². The van der Waals surface area contributed by atoms with Gasteiger partial charge in [-0.2, -0.15) is 4.31 Å². The number of nitrogens with zero attached hydrogens (tertiary/aromatic N) is 6. The van der Waals surface area contributed by atoms with Crippen LogP contribution < -0.4 is 0 Å². The topological polar surface area (TPSA) is 114 Å². The molecule has 0 N–H and O–H groups in total. The molecular weight excluding hydrogens is 464 g/mol. The largest absolute Gasteiger partial charge is 0.360 e. The number of hydrogen-bond acceptors (Lipinski definition) is 8. The zero-order chi connectivity index (χ0) is 23.6. The standard InChI is InChI=1S/C21H26N6O4S2/c1-15-20(16(2)31-24-15)33(29,30)26-11-9-25(10-12-26)19(28)14-32-21-23-22-17(3)27(21)13-18-7-5-4-6-8-18/h4-8H,9-14H2,1-3H3. The summed E-state index contributed by atoms with van der Waals surface area (Å²) in [6.07, 6.45) is 0. The second-order valence-corrected chi connectivity index (χ2v) is 10.6. The van der Waals surface area contributed by atoms with Crippen LogP contribution in [0, 0.1) is 20.8 Å². The summed E-state index contributed by atoms with van der Waals surface area (Å²) in [5, 5.41) is 12.8. The Kier molecular flexibility index (Phi) is 6.86. The average molecular weight is 491 g/mol. The zero-order valence-corrected chi connectivity index (χ0v) is 20.4. The lowest BCUT2D eigenvalue weighted by Crippen LogP contribution is -2.51. The number of rotatable bonds is 7. The minimum atomic E-state index is -3.70. The van der Waals surface area contributed by atoms with E-state index in [2.05, 4.69) is 15.4 Å². The molecule has 0 radical (unpaired) electrons. The summed E-state index contributed by atoms with van der Waals surface area (Å²) in [4.78, 5) is 14.6. The van der Waals surface area contributed by atoms with Crippen molar-refractivity contribution in [1.82, 2.24) is 29.1 Å². The molecule has 1 fully saturated rings. The molecule has 2 aromatic heterocycles. The molecule has 1 aliphatic heterocycles. The molecule has 33 heavy (non-hydrogen) atoms. The van der Waals surface area contributed by atoms with Crippen molar-refractivity contribution >= 4 is 27.7 Å². The Morgan fingerprint density at radius 2 is 1.76 bits per heavy atom. The van der Waals surface area contributed by atoms with E-state index in [9.17, 15) is 13.2 Å². The minimum absolute atomic E-state index is 0.0544. The molecule has 0 bridgehead atoms. The normalized spacial score (nSPS) is 15.2. The lowest BCUT2D eigenvalue weighted by molar-refractivity contribution is -0.129. The van der Waals surface area contributed by atoms with Gasteiger partial charge in [0, 0.05) is 26.2 Å². The first kappa shape index (κ1) is 23.5. The van der Waals surface area contributed by atoms with Gasteiger partial charge in [-0.1, -0.05) is 47.3 Å². The molecule has 1 amide bonds. The van der Waals surface area contributed by atoms with Crippen LogP contribution >= 0.6 is 11.8 Å². The molecule has 1 saturated heterocycles. The number of sulfonamides is 1. The first-order chi connectivity index (χ1) is 15.8. The molecule has 0 atom stereocenters. The number of thioether (sulfide) groups is 1. The number of amides is 1. The van der Waals surface area contributed by atoms with E-state index in [1.165, 1.54) is 16.1 Å². The Hall–Kier alpha value is -2.70. The van der Waals surface area contributed by atoms with E-state index in [4.69, 9.17) is 4.52 Å². The van der Waals surface area contributed by atoms with Crippen LogP contribution in [0.3, 0.4) is 0 Å². The fourth-order valence-electron chi connectivity index (χ4n) is 3.78. The number of carbonyl (C=O) groups excluding carboxylic acids is 1. The van der Waals surface area contributed by atoms with Gasteiger partial charge in [0.2, 0.25) is 15.9 Å². The number of hydrogen-bond donors (Lipinski definition) is 0. The summed E-state index contributed by atoms with van der Waals surface area (Å²) in [6, 6.07) is 10.0. The number of piperazine rings is 1. The van der Waals surface area contributed by atoms with E-state index >= 15 is 0 Å². The maximum Gasteiger partial charge on any atom is 0.248 e. The Morgan fingerprint density at radius 1 is 1.06 bits per heavy atom. The van der Waals surface area contributed by atoms with Gasteiger partial charge in [-0.05, 0) is 26.3 Å². The Morgan fingerprint density at radius 3 is 2.39 bits per heavy atom. The van der Waals surface area contributed by atoms with Crippen molar-refractivity contribution in [2.24, 2.45) is 0 Å². The van der Waals surface area contributed by atoms with E-state index in [1.54, 1.807) is 18.7 Å². The predicted molar refractivity (Wildman–Crippen MR) is 122 cm³/mol. The highest BCUT2D eigenvalue weighted by Crippen LogP contribution is 2.25. The lowest BCUT2D eigenvalue weighted by Gasteiger charge is -2.33. The van der Waals surface area contributed by atoms with Crippen LogP contribution in [-0.4, -0.2) is 75.4 Å². The zero-order valence-electron chi connectivity index (χ0n) is 18.8. The SMILES string of the molecule is Cc1noc(C)c1S(=O)(=O)N1CCN(C(=O)CSc2nnc(C)n2Cc2ccccc2)CC1. The molecule has 1 aliphatic rings. The van der Waals surface area contributed by atoms with Crippen LogP contribution in [0.2, 0.25) is 0 Å². The summed E-state index contributed by atoms with van der Waals surface area (Å²) < 4.78 is 34.3. The van der Waals surface area contributed by atoms with Crippen LogP contribution in [0.1, 0.15) is 22.8 Å². The van der Waals surface area contributed by atoms with Gasteiger partial charge in [-0.3, -0.25) is 4.79 Å². The fraction of sp³-hybridized carbons (Fsp3) is 0.429. The molecule has 0 unspecified atom stereocenters. The van der Waals surface area contributed by atoms with Crippen LogP contribution in [-0.2, 0) is 21.4 Å². The van der Waals surface area contributed by atoms with Crippen molar-refractivity contribution in [3.8, 4) is 0 Å². The average Bonchev–Trinajstić information content (AvgIpc) is 3.34. The molecular formula is C21H26N6O4S2. The van der Waals surface area contributed by atoms with Crippen molar-refractivity contribution in [1.29, 1.82) is 0 Å². The van der Waals surface area contributed by atoms with Crippen LogP contribution in [0.5, 0.6) is 0 Å². The Balaban J connectivity index is 1.34. The first-order valence-electron chi connectivity index (χ1n) is 10.5. The van der Waals surface area contributed by atoms with Crippen molar-refractivity contribution in [3.63, 3.8) is 0 Å². The summed E-state index contributed by atoms with van der Waals surface area (Å²) in [6.45, 7) is 6.84. The number of aryl methyl sites for hydroxylation is 3. The highest BCUT2D eigenvalue weighted by molar-refractivity contribution is 7.99. The number of benzene rings is 1. The molecule has 0 saturated carbocycles. The molecule has 4 rings (SSSR count). The second-order valence-electron chi connectivity index (χ2n) is 7.83. The van der Waals surface area contributed by atoms with Gasteiger partial charge in [-0.25, -0.2) is 8.42 Å². The number of carbonyl (C=O) groups is 1. The quantitative estimate of drug-likeness (QED) is 0.461. The van der Waals surface area contributed by atoms with Crippen LogP contribution in [0.4, 0.5) is 0 Å². The van der Waals surface area contributed by atoms with E-state index < -0.39 is 10.0 Å². The number of aromatic nitrogens is 4. The smallest absolute Gasteiger partial charge is 0.248 e. The summed E-state index contributed by atoms with van der Waals surface area (Å²) in [5.41, 5.74) is 1.47. The molecule has 3 aromatic rings. The maximum atomic E-state index is 13.0. The van der Waals surface area contributed by atoms with E-state index in [0.717, 1.165) is 11.4 Å². The van der Waals surface area contributed by atoms with Gasteiger partial charge >= 0.3 is 0 Å². The van der Waals surface area contributed by atoms with E-state index in [0.29, 0.717) is 30.5 Å². The molecule has 0 aliphatic carbocycles. The minimum Gasteiger partial charge on any atom is -0.360 e. The van der Waals surface area contributed by atoms with Gasteiger partial charge < -0.3 is 14.0 Å². The third-order valence-corrected chi connectivity index (χ3v) is 8.66. The molecule has 1 aromatic carbocycles. The van der Waals surface area contributed by atoms with Crippen LogP contribution in [0.25, 0.3) is 0 Å². The van der Waals surface area contributed by atoms with Gasteiger partial charge in [0.25, 0.3) is 0 Å². The highest BCUT2D eigenvalue weighted by Gasteiger charge is 2.34. The maximum absolute atomic E-state index is 13.0. The first-order valence-corrected chi connectivity index (χ1v) is 13.0. The summed E-state index contributed by atoms with van der Waals surface area (Å²) >= 11 is 1.34. The summed E-state index contributed by atoms with van der Waals surface area (Å²) in [7, 11) is -3.70. The Bertz CT molecular complexity index is 1210. The van der Waals surface area contributed by atoms with Crippen LogP contribution in [0.15, 0.2) is 44.9 Å². The van der Waals surface area contributed by atoms with Crippen molar-refractivity contribution in [2.75, 3.05) is 31.9 Å². The van der Waals surface area contributed by atoms with E-state index in [-0.39, 0.29) is 35.4 Å². The molecule has 0 spiro atoms. The summed E-state index contributed by atoms with van der Waals surface area (Å²) in [5.74, 6) is 1.22. The third-order valence-electron chi connectivity index (χ3n) is 5.57. The van der Waals surface area contributed by atoms with Gasteiger partial charge in [0.05, 0.1) is 12.3 Å². The molecule has 10 nitrogen and oxygen atoms in total. The predicted octanol–water partition coefficient (Wildman–Crippen LogP) is 1.86. The molecule has 3 heterocycles. The second kappa shape index (κ2) is 9.65. The van der Waals surface area contributed by atoms with E-state index in [1.807, 2.05) is 41.8 Å². The van der Waals surface area contributed by atoms with Gasteiger partial charge in [0.15, 0.2) is 10.9 Å².